The van der Waals surface area contributed by atoms with E-state index in [0.29, 0.717) is 6.54 Å². The summed E-state index contributed by atoms with van der Waals surface area (Å²) in [6.45, 7) is 2.40. The minimum absolute atomic E-state index is 0.102. The van der Waals surface area contributed by atoms with E-state index in [1.54, 1.807) is 18.6 Å². The van der Waals surface area contributed by atoms with E-state index in [1.165, 1.54) is 17.2 Å². The van der Waals surface area contributed by atoms with E-state index < -0.39 is 0 Å². The SMILES string of the molecule is Cn1cncc1C=CC(=O)NCc1ccc2c(c1)CNC2. The van der Waals surface area contributed by atoms with Gasteiger partial charge in [0, 0.05) is 32.8 Å². The Morgan fingerprint density at radius 3 is 3.10 bits per heavy atom. The van der Waals surface area contributed by atoms with Gasteiger partial charge in [-0.3, -0.25) is 4.79 Å². The van der Waals surface area contributed by atoms with Crippen LogP contribution in [0.4, 0.5) is 0 Å². The molecule has 0 spiro atoms. The van der Waals surface area contributed by atoms with Crippen LogP contribution in [0.25, 0.3) is 6.08 Å². The summed E-state index contributed by atoms with van der Waals surface area (Å²) in [6.07, 6.45) is 6.72. The number of hydrogen-bond acceptors (Lipinski definition) is 3. The van der Waals surface area contributed by atoms with Crippen molar-refractivity contribution in [3.63, 3.8) is 0 Å². The van der Waals surface area contributed by atoms with Crippen LogP contribution in [-0.4, -0.2) is 15.5 Å². The van der Waals surface area contributed by atoms with Crippen LogP contribution in [-0.2, 0) is 31.5 Å². The number of aryl methyl sites for hydroxylation is 1. The zero-order valence-electron chi connectivity index (χ0n) is 12.0. The van der Waals surface area contributed by atoms with Gasteiger partial charge in [-0.25, -0.2) is 4.98 Å². The largest absolute Gasteiger partial charge is 0.348 e. The number of nitrogens with one attached hydrogen (secondary N) is 2. The predicted molar refractivity (Wildman–Crippen MR) is 81.1 cm³/mol. The monoisotopic (exact) mass is 282 g/mol. The molecule has 1 aliphatic heterocycles. The second kappa shape index (κ2) is 5.93. The number of carbonyl (C=O) groups is 1. The molecule has 5 heteroatoms. The van der Waals surface area contributed by atoms with Gasteiger partial charge in [-0.1, -0.05) is 18.2 Å². The second-order valence-electron chi connectivity index (χ2n) is 5.19. The highest BCUT2D eigenvalue weighted by atomic mass is 16.1. The molecule has 1 amide bonds. The molecule has 0 bridgehead atoms. The van der Waals surface area contributed by atoms with Crippen molar-refractivity contribution < 1.29 is 4.79 Å². The van der Waals surface area contributed by atoms with Crippen molar-refractivity contribution in [1.82, 2.24) is 20.2 Å². The summed E-state index contributed by atoms with van der Waals surface area (Å²) in [7, 11) is 1.89. The summed E-state index contributed by atoms with van der Waals surface area (Å²) in [4.78, 5) is 15.8. The Morgan fingerprint density at radius 2 is 2.29 bits per heavy atom. The highest BCUT2D eigenvalue weighted by molar-refractivity contribution is 5.91. The summed E-state index contributed by atoms with van der Waals surface area (Å²) >= 11 is 0. The maximum absolute atomic E-state index is 11.8. The molecule has 1 aromatic heterocycles. The maximum atomic E-state index is 11.8. The topological polar surface area (TPSA) is 59.0 Å². The lowest BCUT2D eigenvalue weighted by Crippen LogP contribution is -2.20. The Balaban J connectivity index is 1.56. The van der Waals surface area contributed by atoms with E-state index in [-0.39, 0.29) is 5.91 Å². The van der Waals surface area contributed by atoms with Crippen LogP contribution in [0.3, 0.4) is 0 Å². The number of nitrogens with zero attached hydrogens (tertiary/aromatic N) is 2. The van der Waals surface area contributed by atoms with Crippen LogP contribution in [0.15, 0.2) is 36.8 Å². The molecule has 0 saturated heterocycles. The van der Waals surface area contributed by atoms with Crippen LogP contribution >= 0.6 is 0 Å². The number of fused-ring (bicyclic) bond motifs is 1. The predicted octanol–water partition coefficient (Wildman–Crippen LogP) is 1.35. The van der Waals surface area contributed by atoms with Crippen molar-refractivity contribution in [2.45, 2.75) is 19.6 Å². The fourth-order valence-corrected chi connectivity index (χ4v) is 2.40. The minimum atomic E-state index is -0.102. The summed E-state index contributed by atoms with van der Waals surface area (Å²) < 4.78 is 1.86. The molecule has 2 N–H and O–H groups in total. The van der Waals surface area contributed by atoms with E-state index in [2.05, 4.69) is 33.8 Å². The highest BCUT2D eigenvalue weighted by Crippen LogP contribution is 2.16. The number of benzene rings is 1. The van der Waals surface area contributed by atoms with Gasteiger partial charge in [0.15, 0.2) is 0 Å². The molecule has 1 aromatic carbocycles. The summed E-state index contributed by atoms with van der Waals surface area (Å²) in [5.41, 5.74) is 4.70. The lowest BCUT2D eigenvalue weighted by atomic mass is 10.1. The van der Waals surface area contributed by atoms with E-state index in [4.69, 9.17) is 0 Å². The number of aromatic nitrogens is 2. The Morgan fingerprint density at radius 1 is 1.43 bits per heavy atom. The van der Waals surface area contributed by atoms with Gasteiger partial charge in [0.1, 0.15) is 0 Å². The minimum Gasteiger partial charge on any atom is -0.348 e. The lowest BCUT2D eigenvalue weighted by molar-refractivity contribution is -0.116. The molecule has 1 aliphatic rings. The first kappa shape index (κ1) is 13.6. The third-order valence-electron chi connectivity index (χ3n) is 3.63. The molecule has 0 saturated carbocycles. The second-order valence-corrected chi connectivity index (χ2v) is 5.19. The van der Waals surface area contributed by atoms with Gasteiger partial charge in [0.2, 0.25) is 5.91 Å². The molecule has 0 aliphatic carbocycles. The quantitative estimate of drug-likeness (QED) is 0.832. The molecule has 0 radical (unpaired) electrons. The van der Waals surface area contributed by atoms with Gasteiger partial charge >= 0.3 is 0 Å². The average molecular weight is 282 g/mol. The fourth-order valence-electron chi connectivity index (χ4n) is 2.40. The molecule has 0 atom stereocenters. The maximum Gasteiger partial charge on any atom is 0.244 e. The molecular formula is C16H18N4O. The van der Waals surface area contributed by atoms with Crippen LogP contribution in [0.1, 0.15) is 22.4 Å². The van der Waals surface area contributed by atoms with Crippen LogP contribution in [0.5, 0.6) is 0 Å². The molecule has 2 aromatic rings. The molecule has 2 heterocycles. The normalized spacial score (nSPS) is 13.6. The van der Waals surface area contributed by atoms with E-state index in [9.17, 15) is 4.79 Å². The average Bonchev–Trinajstić information content (AvgIpc) is 3.11. The Labute approximate surface area is 123 Å². The first-order valence-corrected chi connectivity index (χ1v) is 6.96. The van der Waals surface area contributed by atoms with Crippen LogP contribution < -0.4 is 10.6 Å². The standard InChI is InChI=1S/C16H18N4O/c1-20-11-18-10-15(20)4-5-16(21)19-7-12-2-3-13-8-17-9-14(13)6-12/h2-6,10-11,17H,7-9H2,1H3,(H,19,21). The Kier molecular flexibility index (Phi) is 3.83. The van der Waals surface area contributed by atoms with Gasteiger partial charge in [-0.2, -0.15) is 0 Å². The van der Waals surface area contributed by atoms with Gasteiger partial charge in [-0.15, -0.1) is 0 Å². The Bertz CT molecular complexity index is 687. The number of carbonyl (C=O) groups excluding carboxylic acids is 1. The first-order valence-electron chi connectivity index (χ1n) is 6.96. The van der Waals surface area contributed by atoms with Crippen molar-refractivity contribution in [2.75, 3.05) is 0 Å². The number of rotatable bonds is 4. The number of hydrogen-bond donors (Lipinski definition) is 2. The zero-order valence-corrected chi connectivity index (χ0v) is 12.0. The van der Waals surface area contributed by atoms with Crippen molar-refractivity contribution in [2.24, 2.45) is 7.05 Å². The van der Waals surface area contributed by atoms with E-state index in [1.807, 2.05) is 11.6 Å². The third-order valence-corrected chi connectivity index (χ3v) is 3.63. The summed E-state index contributed by atoms with van der Waals surface area (Å²) in [6, 6.07) is 6.35. The van der Waals surface area contributed by atoms with E-state index >= 15 is 0 Å². The fraction of sp³-hybridized carbons (Fsp3) is 0.250. The third kappa shape index (κ3) is 3.20. The molecular weight excluding hydrogens is 264 g/mol. The molecule has 0 unspecified atom stereocenters. The first-order chi connectivity index (χ1) is 10.2. The summed E-state index contributed by atoms with van der Waals surface area (Å²) in [5, 5.41) is 6.21. The smallest absolute Gasteiger partial charge is 0.244 e. The van der Waals surface area contributed by atoms with Crippen LogP contribution in [0, 0.1) is 0 Å². The van der Waals surface area contributed by atoms with E-state index in [0.717, 1.165) is 24.3 Å². The van der Waals surface area contributed by atoms with Crippen molar-refractivity contribution >= 4 is 12.0 Å². The molecule has 3 rings (SSSR count). The lowest BCUT2D eigenvalue weighted by Gasteiger charge is -2.05. The van der Waals surface area contributed by atoms with Crippen molar-refractivity contribution in [3.8, 4) is 0 Å². The highest BCUT2D eigenvalue weighted by Gasteiger charge is 2.09. The zero-order chi connectivity index (χ0) is 14.7. The van der Waals surface area contributed by atoms with Crippen molar-refractivity contribution in [3.05, 3.63) is 59.2 Å². The summed E-state index contributed by atoms with van der Waals surface area (Å²) in [5.74, 6) is -0.102. The molecule has 5 nitrogen and oxygen atoms in total. The van der Waals surface area contributed by atoms with Gasteiger partial charge in [0.25, 0.3) is 0 Å². The molecule has 108 valence electrons. The van der Waals surface area contributed by atoms with Crippen molar-refractivity contribution in [1.29, 1.82) is 0 Å². The number of imidazole rings is 1. The van der Waals surface area contributed by atoms with Crippen LogP contribution in [0.2, 0.25) is 0 Å². The molecule has 21 heavy (non-hydrogen) atoms. The number of amides is 1. The molecule has 0 fully saturated rings. The van der Waals surface area contributed by atoms with Gasteiger partial charge in [0.05, 0.1) is 18.2 Å². The van der Waals surface area contributed by atoms with Gasteiger partial charge < -0.3 is 15.2 Å². The Hall–Kier alpha value is -2.40. The van der Waals surface area contributed by atoms with Gasteiger partial charge in [-0.05, 0) is 22.8 Å².